The summed E-state index contributed by atoms with van der Waals surface area (Å²) in [6, 6.07) is 1.99. The molecule has 3 nitrogen and oxygen atoms in total. The van der Waals surface area contributed by atoms with E-state index in [9.17, 15) is 5.11 Å². The van der Waals surface area contributed by atoms with Gasteiger partial charge in [-0.3, -0.25) is 4.68 Å². The minimum Gasteiger partial charge on any atom is -0.393 e. The topological polar surface area (TPSA) is 38.0 Å². The van der Waals surface area contributed by atoms with Crippen molar-refractivity contribution in [2.75, 3.05) is 0 Å². The van der Waals surface area contributed by atoms with Crippen molar-refractivity contribution in [2.45, 2.75) is 38.3 Å². The second-order valence-electron chi connectivity index (χ2n) is 3.40. The molecule has 12 heavy (non-hydrogen) atoms. The van der Waals surface area contributed by atoms with Crippen LogP contribution in [0.3, 0.4) is 0 Å². The Morgan fingerprint density at radius 2 is 2.42 bits per heavy atom. The molecule has 1 N–H and O–H groups in total. The van der Waals surface area contributed by atoms with E-state index in [1.807, 2.05) is 16.9 Å². The van der Waals surface area contributed by atoms with Crippen LogP contribution in [-0.4, -0.2) is 21.0 Å². The lowest BCUT2D eigenvalue weighted by molar-refractivity contribution is 0.153. The van der Waals surface area contributed by atoms with Crippen molar-refractivity contribution in [1.82, 2.24) is 9.78 Å². The molecule has 2 heterocycles. The zero-order valence-corrected chi connectivity index (χ0v) is 7.11. The van der Waals surface area contributed by atoms with Gasteiger partial charge in [-0.25, -0.2) is 0 Å². The van der Waals surface area contributed by atoms with Gasteiger partial charge in [0.1, 0.15) is 0 Å². The first-order valence-electron chi connectivity index (χ1n) is 4.55. The molecule has 1 aliphatic heterocycles. The van der Waals surface area contributed by atoms with E-state index in [4.69, 9.17) is 0 Å². The van der Waals surface area contributed by atoms with E-state index in [1.54, 1.807) is 0 Å². The summed E-state index contributed by atoms with van der Waals surface area (Å²) >= 11 is 0. The van der Waals surface area contributed by atoms with Crippen LogP contribution in [0.25, 0.3) is 0 Å². The number of hydrogen-bond acceptors (Lipinski definition) is 2. The molecule has 0 bridgehead atoms. The van der Waals surface area contributed by atoms with Gasteiger partial charge in [-0.15, -0.1) is 0 Å². The summed E-state index contributed by atoms with van der Waals surface area (Å²) in [7, 11) is 0. The van der Waals surface area contributed by atoms with Gasteiger partial charge in [-0.2, -0.15) is 5.10 Å². The lowest BCUT2D eigenvalue weighted by atomic mass is 10.1. The largest absolute Gasteiger partial charge is 0.393 e. The fraction of sp³-hybridized carbons (Fsp3) is 0.667. The third kappa shape index (κ3) is 1.50. The van der Waals surface area contributed by atoms with E-state index in [0.29, 0.717) is 0 Å². The molecule has 1 aromatic heterocycles. The molecule has 3 heteroatoms. The normalized spacial score (nSPS) is 24.2. The molecule has 0 radical (unpaired) electrons. The van der Waals surface area contributed by atoms with Crippen molar-refractivity contribution in [3.05, 3.63) is 18.0 Å². The highest BCUT2D eigenvalue weighted by atomic mass is 16.3. The first-order chi connectivity index (χ1) is 5.86. The average Bonchev–Trinajstić information content (AvgIpc) is 2.42. The van der Waals surface area contributed by atoms with Gasteiger partial charge in [0.25, 0.3) is 0 Å². The number of aliphatic hydroxyl groups is 1. The fourth-order valence-corrected chi connectivity index (χ4v) is 1.72. The van der Waals surface area contributed by atoms with Gasteiger partial charge in [-0.05, 0) is 25.3 Å². The molecule has 0 saturated carbocycles. The number of hydrogen-bond donors (Lipinski definition) is 1. The first kappa shape index (κ1) is 7.80. The van der Waals surface area contributed by atoms with Crippen LogP contribution in [0.15, 0.2) is 12.3 Å². The predicted molar refractivity (Wildman–Crippen MR) is 45.8 cm³/mol. The molecule has 1 aliphatic rings. The Bertz CT molecular complexity index is 257. The third-order valence-corrected chi connectivity index (χ3v) is 2.41. The van der Waals surface area contributed by atoms with Gasteiger partial charge in [0, 0.05) is 24.9 Å². The van der Waals surface area contributed by atoms with Crippen molar-refractivity contribution in [3.63, 3.8) is 0 Å². The Morgan fingerprint density at radius 1 is 1.50 bits per heavy atom. The van der Waals surface area contributed by atoms with E-state index >= 15 is 0 Å². The molecule has 1 unspecified atom stereocenters. The van der Waals surface area contributed by atoms with Crippen molar-refractivity contribution >= 4 is 0 Å². The van der Waals surface area contributed by atoms with E-state index < -0.39 is 0 Å². The van der Waals surface area contributed by atoms with E-state index in [0.717, 1.165) is 32.2 Å². The molecule has 0 aromatic carbocycles. The molecule has 0 amide bonds. The van der Waals surface area contributed by atoms with Crippen LogP contribution in [0.2, 0.25) is 0 Å². The van der Waals surface area contributed by atoms with Gasteiger partial charge in [0.15, 0.2) is 0 Å². The second-order valence-corrected chi connectivity index (χ2v) is 3.40. The molecule has 0 fully saturated rings. The Morgan fingerprint density at radius 3 is 3.33 bits per heavy atom. The number of nitrogens with zero attached hydrogens (tertiary/aromatic N) is 2. The smallest absolute Gasteiger partial charge is 0.0595 e. The number of aromatic nitrogens is 2. The SMILES string of the molecule is OC1CCCCn2nccc2C1. The maximum atomic E-state index is 9.54. The van der Waals surface area contributed by atoms with Crippen molar-refractivity contribution in [2.24, 2.45) is 0 Å². The highest BCUT2D eigenvalue weighted by Gasteiger charge is 2.12. The number of aliphatic hydroxyl groups excluding tert-OH is 1. The minimum atomic E-state index is -0.166. The van der Waals surface area contributed by atoms with E-state index in [-0.39, 0.29) is 6.10 Å². The summed E-state index contributed by atoms with van der Waals surface area (Å²) in [5, 5.41) is 13.7. The summed E-state index contributed by atoms with van der Waals surface area (Å²) in [6.45, 7) is 1.01. The van der Waals surface area contributed by atoms with Crippen LogP contribution in [0.1, 0.15) is 25.0 Å². The standard InChI is InChI=1S/C9H14N2O/c12-9-3-1-2-6-11-8(7-9)4-5-10-11/h4-5,9,12H,1-3,6-7H2. The van der Waals surface area contributed by atoms with Crippen LogP contribution in [0.5, 0.6) is 0 Å². The van der Waals surface area contributed by atoms with Crippen molar-refractivity contribution in [1.29, 1.82) is 0 Å². The molecule has 0 saturated heterocycles. The third-order valence-electron chi connectivity index (χ3n) is 2.41. The zero-order chi connectivity index (χ0) is 8.39. The van der Waals surface area contributed by atoms with Crippen LogP contribution in [0.4, 0.5) is 0 Å². The van der Waals surface area contributed by atoms with Gasteiger partial charge >= 0.3 is 0 Å². The molecule has 1 atom stereocenters. The van der Waals surface area contributed by atoms with Crippen LogP contribution >= 0.6 is 0 Å². The Labute approximate surface area is 72.0 Å². The lowest BCUT2D eigenvalue weighted by Gasteiger charge is -2.15. The first-order valence-corrected chi connectivity index (χ1v) is 4.55. The molecular weight excluding hydrogens is 152 g/mol. The maximum absolute atomic E-state index is 9.54. The molecule has 0 aliphatic carbocycles. The van der Waals surface area contributed by atoms with Gasteiger partial charge in [0.05, 0.1) is 6.10 Å². The number of fused-ring (bicyclic) bond motifs is 1. The van der Waals surface area contributed by atoms with Crippen molar-refractivity contribution in [3.8, 4) is 0 Å². The predicted octanol–water partition coefficient (Wildman–Crippen LogP) is 0.970. The molecule has 1 aromatic rings. The molecular formula is C9H14N2O. The molecule has 66 valence electrons. The Kier molecular flexibility index (Phi) is 2.13. The monoisotopic (exact) mass is 166 g/mol. The Hall–Kier alpha value is -0.830. The highest BCUT2D eigenvalue weighted by molar-refractivity contribution is 5.02. The summed E-state index contributed by atoms with van der Waals surface area (Å²) in [5.74, 6) is 0. The van der Waals surface area contributed by atoms with Gasteiger partial charge in [-0.1, -0.05) is 0 Å². The summed E-state index contributed by atoms with van der Waals surface area (Å²) in [6.07, 6.45) is 5.59. The summed E-state index contributed by atoms with van der Waals surface area (Å²) < 4.78 is 2.00. The van der Waals surface area contributed by atoms with Crippen LogP contribution < -0.4 is 0 Å². The van der Waals surface area contributed by atoms with Crippen molar-refractivity contribution < 1.29 is 5.11 Å². The second kappa shape index (κ2) is 3.27. The van der Waals surface area contributed by atoms with Crippen LogP contribution in [-0.2, 0) is 13.0 Å². The highest BCUT2D eigenvalue weighted by Crippen LogP contribution is 2.13. The summed E-state index contributed by atoms with van der Waals surface area (Å²) in [4.78, 5) is 0. The lowest BCUT2D eigenvalue weighted by Crippen LogP contribution is -2.17. The minimum absolute atomic E-state index is 0.166. The summed E-state index contributed by atoms with van der Waals surface area (Å²) in [5.41, 5.74) is 1.17. The van der Waals surface area contributed by atoms with E-state index in [1.165, 1.54) is 5.69 Å². The quantitative estimate of drug-likeness (QED) is 0.623. The van der Waals surface area contributed by atoms with Gasteiger partial charge in [0.2, 0.25) is 0 Å². The maximum Gasteiger partial charge on any atom is 0.0595 e. The van der Waals surface area contributed by atoms with E-state index in [2.05, 4.69) is 5.10 Å². The Balaban J connectivity index is 2.19. The average molecular weight is 166 g/mol. The molecule has 2 rings (SSSR count). The number of aryl methyl sites for hydroxylation is 1. The molecule has 0 spiro atoms. The fourth-order valence-electron chi connectivity index (χ4n) is 1.72. The zero-order valence-electron chi connectivity index (χ0n) is 7.11. The number of rotatable bonds is 0. The van der Waals surface area contributed by atoms with Crippen LogP contribution in [0, 0.1) is 0 Å². The van der Waals surface area contributed by atoms with Gasteiger partial charge < -0.3 is 5.11 Å².